The maximum absolute atomic E-state index is 13.0. The molecule has 1 heterocycles. The Hall–Kier alpha value is -1.80. The lowest BCUT2D eigenvalue weighted by Gasteiger charge is -2.30. The Morgan fingerprint density at radius 3 is 2.31 bits per heavy atom. The second-order valence-corrected chi connectivity index (χ2v) is 11.1. The summed E-state index contributed by atoms with van der Waals surface area (Å²) in [6.07, 6.45) is -2.49. The third-order valence-electron chi connectivity index (χ3n) is 6.67. The molecule has 0 N–H and O–H groups in total. The van der Waals surface area contributed by atoms with Crippen LogP contribution < -0.4 is 4.74 Å². The van der Waals surface area contributed by atoms with Crippen molar-refractivity contribution in [2.45, 2.75) is 64.1 Å². The number of pyridine rings is 1. The van der Waals surface area contributed by atoms with Gasteiger partial charge >= 0.3 is 6.18 Å². The van der Waals surface area contributed by atoms with Crippen LogP contribution >= 0.6 is 34.2 Å². The Labute approximate surface area is 223 Å². The summed E-state index contributed by atoms with van der Waals surface area (Å²) in [4.78, 5) is 4.87. The Kier molecular flexibility index (Phi) is 8.31. The smallest absolute Gasteiger partial charge is 0.391 e. The van der Waals surface area contributed by atoms with Gasteiger partial charge in [0.2, 0.25) is 0 Å². The molecule has 7 heteroatoms. The van der Waals surface area contributed by atoms with Crippen LogP contribution in [0.2, 0.25) is 5.02 Å². The van der Waals surface area contributed by atoms with E-state index in [9.17, 15) is 13.2 Å². The molecule has 0 spiro atoms. The lowest BCUT2D eigenvalue weighted by Crippen LogP contribution is -2.27. The highest BCUT2D eigenvalue weighted by Crippen LogP contribution is 2.43. The minimum absolute atomic E-state index is 0.188. The molecule has 0 aliphatic heterocycles. The molecule has 2 aromatic carbocycles. The summed E-state index contributed by atoms with van der Waals surface area (Å²) in [5.41, 5.74) is 4.79. The number of hydrogen-bond donors (Lipinski definition) is 0. The first kappa shape index (κ1) is 26.3. The topological polar surface area (TPSA) is 22.1 Å². The molecular formula is C28H28ClF3INO. The number of aromatic nitrogens is 1. The lowest BCUT2D eigenvalue weighted by atomic mass is 9.78. The van der Waals surface area contributed by atoms with Crippen LogP contribution in [0, 0.1) is 9.49 Å². The maximum atomic E-state index is 13.0. The predicted molar refractivity (Wildman–Crippen MR) is 143 cm³/mol. The number of benzene rings is 2. The third-order valence-corrected chi connectivity index (χ3v) is 7.82. The molecule has 2 nitrogen and oxygen atoms in total. The van der Waals surface area contributed by atoms with Crippen LogP contribution in [0.3, 0.4) is 0 Å². The van der Waals surface area contributed by atoms with E-state index in [1.165, 1.54) is 0 Å². The van der Waals surface area contributed by atoms with Gasteiger partial charge in [0.05, 0.1) is 17.3 Å². The van der Waals surface area contributed by atoms with E-state index >= 15 is 0 Å². The van der Waals surface area contributed by atoms with Crippen molar-refractivity contribution >= 4 is 34.2 Å². The monoisotopic (exact) mass is 613 g/mol. The molecule has 0 saturated heterocycles. The van der Waals surface area contributed by atoms with Crippen molar-refractivity contribution in [3.05, 3.63) is 80.0 Å². The van der Waals surface area contributed by atoms with E-state index in [-0.39, 0.29) is 18.8 Å². The van der Waals surface area contributed by atoms with Crippen LogP contribution in [0.4, 0.5) is 13.2 Å². The molecule has 0 radical (unpaired) electrons. The molecule has 1 aliphatic carbocycles. The molecule has 1 aliphatic rings. The molecule has 0 bridgehead atoms. The molecule has 3 aromatic rings. The molecule has 0 atom stereocenters. The van der Waals surface area contributed by atoms with Gasteiger partial charge in [0.25, 0.3) is 0 Å². The number of nitrogens with zero attached hydrogens (tertiary/aromatic N) is 1. The zero-order chi connectivity index (χ0) is 25.2. The number of rotatable bonds is 6. The van der Waals surface area contributed by atoms with Gasteiger partial charge in [-0.05, 0) is 102 Å². The van der Waals surface area contributed by atoms with E-state index < -0.39 is 12.1 Å². The van der Waals surface area contributed by atoms with Crippen molar-refractivity contribution in [1.29, 1.82) is 0 Å². The molecule has 0 amide bonds. The van der Waals surface area contributed by atoms with Crippen LogP contribution in [0.1, 0.15) is 68.2 Å². The van der Waals surface area contributed by atoms with Crippen LogP contribution in [0.15, 0.2) is 54.6 Å². The van der Waals surface area contributed by atoms with Gasteiger partial charge in [-0.2, -0.15) is 13.2 Å². The second kappa shape index (κ2) is 11.1. The number of hydrogen-bond acceptors (Lipinski definition) is 2. The van der Waals surface area contributed by atoms with Crippen LogP contribution in [0.5, 0.6) is 5.75 Å². The highest BCUT2D eigenvalue weighted by Gasteiger charge is 2.41. The third kappa shape index (κ3) is 6.50. The highest BCUT2D eigenvalue weighted by molar-refractivity contribution is 14.1. The quantitative estimate of drug-likeness (QED) is 0.258. The fraction of sp³-hybridized carbons (Fsp3) is 0.393. The summed E-state index contributed by atoms with van der Waals surface area (Å²) in [7, 11) is 0. The fourth-order valence-corrected chi connectivity index (χ4v) is 5.74. The van der Waals surface area contributed by atoms with Gasteiger partial charge in [-0.1, -0.05) is 49.7 Å². The van der Waals surface area contributed by atoms with E-state index in [0.29, 0.717) is 36.1 Å². The molecular weight excluding hydrogens is 586 g/mol. The normalized spacial score (nSPS) is 18.6. The molecule has 35 heavy (non-hydrogen) atoms. The van der Waals surface area contributed by atoms with Crippen LogP contribution in [-0.4, -0.2) is 11.2 Å². The van der Waals surface area contributed by atoms with Crippen LogP contribution in [-0.2, 0) is 6.61 Å². The van der Waals surface area contributed by atoms with E-state index in [1.54, 1.807) is 6.07 Å². The predicted octanol–water partition coefficient (Wildman–Crippen LogP) is 9.55. The van der Waals surface area contributed by atoms with Crippen molar-refractivity contribution in [3.63, 3.8) is 0 Å². The maximum Gasteiger partial charge on any atom is 0.391 e. The summed E-state index contributed by atoms with van der Waals surface area (Å²) >= 11 is 8.60. The Bertz CT molecular complexity index is 1160. The minimum Gasteiger partial charge on any atom is -0.488 e. The van der Waals surface area contributed by atoms with Gasteiger partial charge in [-0.15, -0.1) is 0 Å². The van der Waals surface area contributed by atoms with Crippen molar-refractivity contribution < 1.29 is 17.9 Å². The first-order chi connectivity index (χ1) is 16.6. The fourth-order valence-electron chi connectivity index (χ4n) is 4.64. The van der Waals surface area contributed by atoms with Gasteiger partial charge in [0, 0.05) is 14.2 Å². The summed E-state index contributed by atoms with van der Waals surface area (Å²) in [6, 6.07) is 17.6. The lowest BCUT2D eigenvalue weighted by molar-refractivity contribution is -0.182. The van der Waals surface area contributed by atoms with E-state index in [0.717, 1.165) is 31.6 Å². The van der Waals surface area contributed by atoms with Gasteiger partial charge in [0.15, 0.2) is 0 Å². The van der Waals surface area contributed by atoms with Gasteiger partial charge < -0.3 is 4.74 Å². The summed E-state index contributed by atoms with van der Waals surface area (Å²) in [6.45, 7) is 4.61. The first-order valence-corrected chi connectivity index (χ1v) is 13.3. The van der Waals surface area contributed by atoms with Gasteiger partial charge in [0.1, 0.15) is 12.4 Å². The number of ether oxygens (including phenoxy) is 1. The molecule has 1 saturated carbocycles. The van der Waals surface area contributed by atoms with Crippen molar-refractivity contribution in [3.8, 4) is 17.0 Å². The standard InChI is InChI=1S/C28H28ClF3INO/c1-17(2)27-24(33)12-13-25(34-27)23-15-22(29)11-14-26(23)35-16-18-3-5-19(6-4-18)20-7-9-21(10-8-20)28(30,31)32/h3-6,11-15,17,20-21H,7-10,16H2,1-2H3. The van der Waals surface area contributed by atoms with Gasteiger partial charge in [-0.25, -0.2) is 0 Å². The summed E-state index contributed by atoms with van der Waals surface area (Å²) in [5.74, 6) is 0.0347. The molecule has 1 aromatic heterocycles. The molecule has 4 rings (SSSR count). The summed E-state index contributed by atoms with van der Waals surface area (Å²) < 4.78 is 46.2. The minimum atomic E-state index is -4.07. The molecule has 1 fully saturated rings. The Morgan fingerprint density at radius 1 is 1.00 bits per heavy atom. The first-order valence-electron chi connectivity index (χ1n) is 11.9. The van der Waals surface area contributed by atoms with E-state index in [2.05, 4.69) is 42.5 Å². The van der Waals surface area contributed by atoms with E-state index in [1.807, 2.05) is 42.5 Å². The second-order valence-electron chi connectivity index (χ2n) is 9.48. The van der Waals surface area contributed by atoms with Gasteiger partial charge in [-0.3, -0.25) is 4.98 Å². The molecule has 186 valence electrons. The Morgan fingerprint density at radius 2 is 1.69 bits per heavy atom. The van der Waals surface area contributed by atoms with Crippen molar-refractivity contribution in [2.75, 3.05) is 0 Å². The average Bonchev–Trinajstić information content (AvgIpc) is 2.83. The SMILES string of the molecule is CC(C)c1nc(-c2cc(Cl)ccc2OCc2ccc(C3CCC(C(F)(F)F)CC3)cc2)ccc1I. The van der Waals surface area contributed by atoms with Crippen molar-refractivity contribution in [2.24, 2.45) is 5.92 Å². The number of halogens is 5. The van der Waals surface area contributed by atoms with E-state index in [4.69, 9.17) is 21.3 Å². The van der Waals surface area contributed by atoms with Crippen LogP contribution in [0.25, 0.3) is 11.3 Å². The summed E-state index contributed by atoms with van der Waals surface area (Å²) in [5, 5.41) is 0.614. The highest BCUT2D eigenvalue weighted by atomic mass is 127. The average molecular weight is 614 g/mol. The number of alkyl halides is 3. The Balaban J connectivity index is 1.45. The molecule has 0 unspecified atom stereocenters. The largest absolute Gasteiger partial charge is 0.488 e. The van der Waals surface area contributed by atoms with Crippen molar-refractivity contribution in [1.82, 2.24) is 4.98 Å². The zero-order valence-corrected chi connectivity index (χ0v) is 22.6. The zero-order valence-electron chi connectivity index (χ0n) is 19.7.